The first-order chi connectivity index (χ1) is 16.6. The summed E-state index contributed by atoms with van der Waals surface area (Å²) in [4.78, 5) is 28.8. The van der Waals surface area contributed by atoms with Gasteiger partial charge >= 0.3 is 0 Å². The largest absolute Gasteiger partial charge is 0.480 e. The van der Waals surface area contributed by atoms with E-state index in [1.807, 2.05) is 0 Å². The molecule has 1 fully saturated rings. The summed E-state index contributed by atoms with van der Waals surface area (Å²) in [7, 11) is 1.52. The average molecular weight is 468 g/mol. The standard InChI is InChI=1S/C23H26FN7O3/c1-33-20-11-27-18-5-4-17(24)16(21(18)31-20)10-26-14-3-2-13(6-14)7-25-8-15-9-28-23-22(29-15)30-19(32)12-34-23/h4-5,9,11,13-14,25-26H,2-3,6-8,10,12H2,1H3,(H,29,30,32)/t13-,14+/m1/s1. The van der Waals surface area contributed by atoms with Gasteiger partial charge in [0.25, 0.3) is 11.8 Å². The van der Waals surface area contributed by atoms with E-state index >= 15 is 0 Å². The maximum absolute atomic E-state index is 14.6. The highest BCUT2D eigenvalue weighted by Gasteiger charge is 2.25. The van der Waals surface area contributed by atoms with E-state index < -0.39 is 0 Å². The average Bonchev–Trinajstić information content (AvgIpc) is 3.30. The molecule has 1 aliphatic carbocycles. The lowest BCUT2D eigenvalue weighted by Crippen LogP contribution is -2.29. The number of halogens is 1. The van der Waals surface area contributed by atoms with E-state index in [9.17, 15) is 9.18 Å². The highest BCUT2D eigenvalue weighted by Crippen LogP contribution is 2.27. The maximum Gasteiger partial charge on any atom is 0.263 e. The van der Waals surface area contributed by atoms with Gasteiger partial charge in [-0.1, -0.05) is 0 Å². The Labute approximate surface area is 195 Å². The molecule has 0 spiro atoms. The molecule has 34 heavy (non-hydrogen) atoms. The molecular weight excluding hydrogens is 441 g/mol. The molecule has 1 aromatic carbocycles. The number of fused-ring (bicyclic) bond motifs is 2. The van der Waals surface area contributed by atoms with Crippen LogP contribution in [0.2, 0.25) is 0 Å². The van der Waals surface area contributed by atoms with Gasteiger partial charge in [-0.05, 0) is 43.9 Å². The fraction of sp³-hybridized carbons (Fsp3) is 0.435. The normalized spacial score (nSPS) is 19.5. The summed E-state index contributed by atoms with van der Waals surface area (Å²) >= 11 is 0. The molecule has 0 unspecified atom stereocenters. The Bertz CT molecular complexity index is 1210. The topological polar surface area (TPSA) is 123 Å². The van der Waals surface area contributed by atoms with Crippen LogP contribution < -0.4 is 25.4 Å². The van der Waals surface area contributed by atoms with Crippen molar-refractivity contribution in [3.8, 4) is 11.8 Å². The fourth-order valence-corrected chi connectivity index (χ4v) is 4.44. The summed E-state index contributed by atoms with van der Waals surface area (Å²) in [6.45, 7) is 1.73. The number of benzene rings is 1. The molecule has 3 N–H and O–H groups in total. The fourth-order valence-electron chi connectivity index (χ4n) is 4.44. The van der Waals surface area contributed by atoms with E-state index in [1.165, 1.54) is 19.4 Å². The number of anilines is 1. The van der Waals surface area contributed by atoms with Gasteiger partial charge in [-0.3, -0.25) is 4.79 Å². The van der Waals surface area contributed by atoms with Crippen LogP contribution in [0.5, 0.6) is 11.8 Å². The minimum absolute atomic E-state index is 0.0368. The van der Waals surface area contributed by atoms with Gasteiger partial charge in [0.1, 0.15) is 11.3 Å². The number of hydrogen-bond donors (Lipinski definition) is 3. The van der Waals surface area contributed by atoms with Gasteiger partial charge in [-0.25, -0.2) is 24.3 Å². The van der Waals surface area contributed by atoms with Crippen molar-refractivity contribution in [1.82, 2.24) is 30.6 Å². The summed E-state index contributed by atoms with van der Waals surface area (Å²) in [6.07, 6.45) is 6.28. The minimum Gasteiger partial charge on any atom is -0.480 e. The lowest BCUT2D eigenvalue weighted by atomic mass is 10.1. The molecule has 1 amide bonds. The number of carbonyl (C=O) groups is 1. The third kappa shape index (κ3) is 4.90. The number of hydrogen-bond acceptors (Lipinski definition) is 9. The van der Waals surface area contributed by atoms with E-state index in [0.717, 1.165) is 31.5 Å². The lowest BCUT2D eigenvalue weighted by Gasteiger charge is -2.17. The van der Waals surface area contributed by atoms with Crippen molar-refractivity contribution in [3.63, 3.8) is 0 Å². The summed E-state index contributed by atoms with van der Waals surface area (Å²) in [5.74, 6) is 1.05. The number of nitrogens with one attached hydrogen (secondary N) is 3. The molecule has 178 valence electrons. The SMILES string of the molecule is COc1cnc2ccc(F)c(CN[C@H]3CC[C@@H](CNCc4cnc5c(n4)NC(=O)CO5)C3)c2n1. The monoisotopic (exact) mass is 467 g/mol. The van der Waals surface area contributed by atoms with Crippen LogP contribution in [0.1, 0.15) is 30.5 Å². The molecule has 2 atom stereocenters. The molecule has 0 radical (unpaired) electrons. The first-order valence-electron chi connectivity index (χ1n) is 11.3. The molecule has 2 aliphatic rings. The molecule has 10 nitrogen and oxygen atoms in total. The van der Waals surface area contributed by atoms with Crippen LogP contribution in [0, 0.1) is 11.7 Å². The molecule has 1 saturated carbocycles. The number of rotatable bonds is 8. The maximum atomic E-state index is 14.6. The van der Waals surface area contributed by atoms with Crippen LogP contribution in [-0.2, 0) is 17.9 Å². The predicted octanol–water partition coefficient (Wildman–Crippen LogP) is 1.95. The number of carbonyl (C=O) groups excluding carboxylic acids is 1. The summed E-state index contributed by atoms with van der Waals surface area (Å²) in [5.41, 5.74) is 2.41. The Morgan fingerprint density at radius 2 is 2.12 bits per heavy atom. The molecule has 3 heterocycles. The van der Waals surface area contributed by atoms with Gasteiger partial charge < -0.3 is 25.4 Å². The number of methoxy groups -OCH3 is 1. The minimum atomic E-state index is -0.300. The van der Waals surface area contributed by atoms with Crippen LogP contribution in [0.25, 0.3) is 11.0 Å². The quantitative estimate of drug-likeness (QED) is 0.456. The van der Waals surface area contributed by atoms with Crippen LogP contribution in [0.4, 0.5) is 10.2 Å². The van der Waals surface area contributed by atoms with Crippen molar-refractivity contribution < 1.29 is 18.7 Å². The summed E-state index contributed by atoms with van der Waals surface area (Å²) in [6, 6.07) is 3.37. The molecular formula is C23H26FN7O3. The van der Waals surface area contributed by atoms with E-state index in [1.54, 1.807) is 12.3 Å². The second-order valence-electron chi connectivity index (χ2n) is 8.55. The molecule has 5 rings (SSSR count). The molecule has 0 bridgehead atoms. The first-order valence-corrected chi connectivity index (χ1v) is 11.3. The van der Waals surface area contributed by atoms with Crippen LogP contribution in [0.15, 0.2) is 24.5 Å². The Morgan fingerprint density at radius 3 is 3.00 bits per heavy atom. The number of amides is 1. The molecule has 2 aromatic heterocycles. The first kappa shape index (κ1) is 22.4. The van der Waals surface area contributed by atoms with Gasteiger partial charge in [0.05, 0.1) is 30.7 Å². The molecule has 1 aliphatic heterocycles. The van der Waals surface area contributed by atoms with Crippen molar-refractivity contribution in [2.45, 2.75) is 38.4 Å². The molecule has 11 heteroatoms. The Hall–Kier alpha value is -3.44. The molecule has 0 saturated heterocycles. The third-order valence-electron chi connectivity index (χ3n) is 6.18. The van der Waals surface area contributed by atoms with Crippen LogP contribution >= 0.6 is 0 Å². The zero-order valence-electron chi connectivity index (χ0n) is 18.8. The Kier molecular flexibility index (Phi) is 6.45. The van der Waals surface area contributed by atoms with E-state index in [2.05, 4.69) is 35.9 Å². The van der Waals surface area contributed by atoms with Crippen molar-refractivity contribution >= 4 is 22.8 Å². The number of ether oxygens (including phenoxy) is 2. The highest BCUT2D eigenvalue weighted by atomic mass is 19.1. The Morgan fingerprint density at radius 1 is 1.21 bits per heavy atom. The van der Waals surface area contributed by atoms with E-state index in [-0.39, 0.29) is 18.3 Å². The van der Waals surface area contributed by atoms with Crippen molar-refractivity contribution in [2.75, 3.05) is 25.6 Å². The lowest BCUT2D eigenvalue weighted by molar-refractivity contribution is -0.118. The van der Waals surface area contributed by atoms with Gasteiger partial charge in [0.15, 0.2) is 12.4 Å². The van der Waals surface area contributed by atoms with Crippen molar-refractivity contribution in [3.05, 3.63) is 41.6 Å². The van der Waals surface area contributed by atoms with Gasteiger partial charge in [0.2, 0.25) is 5.88 Å². The van der Waals surface area contributed by atoms with Crippen LogP contribution in [0.3, 0.4) is 0 Å². The zero-order valence-corrected chi connectivity index (χ0v) is 18.8. The number of nitrogens with zero attached hydrogens (tertiary/aromatic N) is 4. The Balaban J connectivity index is 1.12. The van der Waals surface area contributed by atoms with Crippen molar-refractivity contribution in [1.29, 1.82) is 0 Å². The van der Waals surface area contributed by atoms with Crippen molar-refractivity contribution in [2.24, 2.45) is 5.92 Å². The van der Waals surface area contributed by atoms with Gasteiger partial charge in [-0.15, -0.1) is 0 Å². The second-order valence-corrected chi connectivity index (χ2v) is 8.55. The van der Waals surface area contributed by atoms with E-state index in [4.69, 9.17) is 9.47 Å². The predicted molar refractivity (Wildman–Crippen MR) is 122 cm³/mol. The smallest absolute Gasteiger partial charge is 0.263 e. The molecule has 3 aromatic rings. The van der Waals surface area contributed by atoms with Gasteiger partial charge in [0, 0.05) is 24.7 Å². The van der Waals surface area contributed by atoms with E-state index in [0.29, 0.717) is 59.2 Å². The van der Waals surface area contributed by atoms with Crippen LogP contribution in [-0.4, -0.2) is 52.1 Å². The second kappa shape index (κ2) is 9.82. The third-order valence-corrected chi connectivity index (χ3v) is 6.18. The summed E-state index contributed by atoms with van der Waals surface area (Å²) < 4.78 is 24.9. The highest BCUT2D eigenvalue weighted by molar-refractivity contribution is 5.93. The number of aromatic nitrogens is 4. The zero-order chi connectivity index (χ0) is 23.5. The van der Waals surface area contributed by atoms with Gasteiger partial charge in [-0.2, -0.15) is 0 Å². The summed E-state index contributed by atoms with van der Waals surface area (Å²) in [5, 5.41) is 9.59.